The maximum Gasteiger partial charge on any atom is 0.135 e. The number of anilines is 1. The van der Waals surface area contributed by atoms with Crippen LogP contribution in [0.1, 0.15) is 230 Å². The summed E-state index contributed by atoms with van der Waals surface area (Å²) in [6.07, 6.45) is 47.9. The largest absolute Gasteiger partial charge is 0.341 e. The Morgan fingerprint density at radius 2 is 0.761 bits per heavy atom. The predicted octanol–water partition coefficient (Wildman–Crippen LogP) is 15.9. The lowest BCUT2D eigenvalue weighted by molar-refractivity contribution is 0.528. The van der Waals surface area contributed by atoms with Crippen molar-refractivity contribution in [3.05, 3.63) is 29.3 Å². The average molecular weight is 674 g/mol. The van der Waals surface area contributed by atoms with Crippen molar-refractivity contribution in [2.24, 2.45) is 0 Å². The normalized spacial score (nSPS) is 11.4. The highest BCUT2D eigenvalue weighted by atomic mass is 32.1. The fourth-order valence-electron chi connectivity index (χ4n) is 7.11. The average Bonchev–Trinajstić information content (AvgIpc) is 3.05. The van der Waals surface area contributed by atoms with Crippen LogP contribution in [0.3, 0.4) is 0 Å². The lowest BCUT2D eigenvalue weighted by Crippen LogP contribution is -2.07. The third kappa shape index (κ3) is 27.4. The molecule has 1 nitrogen and oxygen atoms in total. The van der Waals surface area contributed by atoms with E-state index in [1.54, 1.807) is 0 Å². The van der Waals surface area contributed by atoms with Crippen LogP contribution in [0, 0.1) is 0 Å². The van der Waals surface area contributed by atoms with Gasteiger partial charge in [-0.05, 0) is 42.9 Å². The molecule has 1 rings (SSSR count). The lowest BCUT2D eigenvalue weighted by Gasteiger charge is -2.16. The van der Waals surface area contributed by atoms with Gasteiger partial charge >= 0.3 is 0 Å². The summed E-state index contributed by atoms with van der Waals surface area (Å²) in [4.78, 5) is 0. The van der Waals surface area contributed by atoms with Crippen LogP contribution in [-0.2, 0) is 12.8 Å². The van der Waals surface area contributed by atoms with Crippen LogP contribution in [0.2, 0.25) is 0 Å². The van der Waals surface area contributed by atoms with Gasteiger partial charge in [0, 0.05) is 5.69 Å². The van der Waals surface area contributed by atoms with E-state index >= 15 is 0 Å². The Hall–Kier alpha value is -0.540. The molecule has 0 aliphatic carbocycles. The number of aryl methyl sites for hydroxylation is 1. The molecule has 0 fully saturated rings. The van der Waals surface area contributed by atoms with E-state index in [-0.39, 0.29) is 0 Å². The second kappa shape index (κ2) is 34.3. The molecule has 0 bridgehead atoms. The highest BCUT2D eigenvalue weighted by Crippen LogP contribution is 2.26. The molecule has 268 valence electrons. The number of hydrogen-bond donors (Lipinski definition) is 2. The first kappa shape index (κ1) is 43.5. The van der Waals surface area contributed by atoms with Gasteiger partial charge in [0.1, 0.15) is 4.32 Å². The Labute approximate surface area is 300 Å². The summed E-state index contributed by atoms with van der Waals surface area (Å²) in [6.45, 7) is 4.61. The van der Waals surface area contributed by atoms with E-state index < -0.39 is 0 Å². The minimum absolute atomic E-state index is 0.577. The molecular weight excluding hydrogens is 595 g/mol. The fourth-order valence-corrected chi connectivity index (χ4v) is 7.34. The van der Waals surface area contributed by atoms with E-state index in [1.807, 2.05) is 0 Å². The molecule has 1 aromatic carbocycles. The summed E-state index contributed by atoms with van der Waals surface area (Å²) in [6, 6.07) is 6.76. The summed E-state index contributed by atoms with van der Waals surface area (Å²) in [5.74, 6) is 0. The Bertz CT molecular complexity index is 791. The van der Waals surface area contributed by atoms with Crippen molar-refractivity contribution in [2.45, 2.75) is 232 Å². The molecule has 0 aromatic heterocycles. The first-order chi connectivity index (χ1) is 22.7. The summed E-state index contributed by atoms with van der Waals surface area (Å²) in [5.41, 5.74) is 4.21. The van der Waals surface area contributed by atoms with Gasteiger partial charge in [-0.1, -0.05) is 231 Å². The van der Waals surface area contributed by atoms with Gasteiger partial charge in [0.05, 0.1) is 0 Å². The molecule has 0 unspecified atom stereocenters. The quantitative estimate of drug-likeness (QED) is 0.0422. The fraction of sp³-hybridized carbons (Fsp3) is 0.837. The minimum Gasteiger partial charge on any atom is -0.341 e. The van der Waals surface area contributed by atoms with Crippen molar-refractivity contribution in [2.75, 3.05) is 5.32 Å². The summed E-state index contributed by atoms with van der Waals surface area (Å²) < 4.78 is 0.577. The van der Waals surface area contributed by atoms with Crippen molar-refractivity contribution in [3.8, 4) is 0 Å². The van der Waals surface area contributed by atoms with E-state index in [9.17, 15) is 0 Å². The monoisotopic (exact) mass is 674 g/mol. The molecule has 0 saturated heterocycles. The van der Waals surface area contributed by atoms with Gasteiger partial charge < -0.3 is 5.32 Å². The van der Waals surface area contributed by atoms with Crippen molar-refractivity contribution >= 4 is 34.9 Å². The van der Waals surface area contributed by atoms with E-state index in [1.165, 1.54) is 229 Å². The Morgan fingerprint density at radius 1 is 0.457 bits per heavy atom. The highest BCUT2D eigenvalue weighted by molar-refractivity contribution is 8.11. The molecule has 0 heterocycles. The van der Waals surface area contributed by atoms with Crippen molar-refractivity contribution in [1.82, 2.24) is 0 Å². The van der Waals surface area contributed by atoms with Crippen LogP contribution in [0.4, 0.5) is 5.69 Å². The maximum absolute atomic E-state index is 5.30. The van der Waals surface area contributed by atoms with Gasteiger partial charge in [0.2, 0.25) is 0 Å². The number of unbranched alkanes of at least 4 members (excludes halogenated alkanes) is 30. The first-order valence-electron chi connectivity index (χ1n) is 20.8. The number of thiocarbonyl (C=S) groups is 1. The molecule has 0 spiro atoms. The topological polar surface area (TPSA) is 12.0 Å². The molecule has 0 aliphatic heterocycles. The summed E-state index contributed by atoms with van der Waals surface area (Å²) >= 11 is 9.68. The Morgan fingerprint density at radius 3 is 1.09 bits per heavy atom. The number of rotatable bonds is 35. The maximum atomic E-state index is 5.30. The standard InChI is InChI=1S/C43H79NS2/c1-3-5-7-9-11-13-15-17-19-21-23-25-27-29-31-33-36-40-37-35-39-42(44-43(45)46)41(40)38-34-32-30-28-26-24-22-20-18-16-14-12-10-8-6-4-2/h35,37,39H,3-34,36,38H2,1-2H3,(H2,44,45,46). The summed E-state index contributed by atoms with van der Waals surface area (Å²) in [7, 11) is 0. The molecule has 0 atom stereocenters. The number of hydrogen-bond acceptors (Lipinski definition) is 1. The summed E-state index contributed by atoms with van der Waals surface area (Å²) in [5, 5.41) is 3.37. The smallest absolute Gasteiger partial charge is 0.135 e. The first-order valence-corrected chi connectivity index (χ1v) is 21.6. The molecule has 0 saturated carbocycles. The second-order valence-corrected chi connectivity index (χ2v) is 15.6. The number of thiol groups is 1. The zero-order valence-corrected chi connectivity index (χ0v) is 32.8. The van der Waals surface area contributed by atoms with Crippen LogP contribution in [-0.4, -0.2) is 4.32 Å². The van der Waals surface area contributed by atoms with Gasteiger partial charge in [0.15, 0.2) is 0 Å². The Balaban J connectivity index is 2.12. The van der Waals surface area contributed by atoms with Crippen LogP contribution in [0.25, 0.3) is 0 Å². The number of nitrogens with one attached hydrogen (secondary N) is 1. The third-order valence-corrected chi connectivity index (χ3v) is 10.3. The molecule has 46 heavy (non-hydrogen) atoms. The predicted molar refractivity (Wildman–Crippen MR) is 218 cm³/mol. The molecule has 0 radical (unpaired) electrons. The number of benzene rings is 1. The van der Waals surface area contributed by atoms with E-state index in [2.05, 4.69) is 50.0 Å². The molecular formula is C43H79NS2. The van der Waals surface area contributed by atoms with Crippen LogP contribution in [0.15, 0.2) is 18.2 Å². The second-order valence-electron chi connectivity index (χ2n) is 14.5. The van der Waals surface area contributed by atoms with Gasteiger partial charge in [-0.25, -0.2) is 0 Å². The van der Waals surface area contributed by atoms with Gasteiger partial charge in [-0.3, -0.25) is 0 Å². The van der Waals surface area contributed by atoms with E-state index in [0.717, 1.165) is 6.42 Å². The van der Waals surface area contributed by atoms with Crippen LogP contribution in [0.5, 0.6) is 0 Å². The minimum atomic E-state index is 0.577. The molecule has 0 amide bonds. The highest BCUT2D eigenvalue weighted by Gasteiger charge is 2.09. The zero-order valence-electron chi connectivity index (χ0n) is 31.1. The third-order valence-electron chi connectivity index (χ3n) is 10.1. The van der Waals surface area contributed by atoms with Gasteiger partial charge in [-0.15, -0.1) is 12.6 Å². The zero-order chi connectivity index (χ0) is 33.2. The van der Waals surface area contributed by atoms with E-state index in [0.29, 0.717) is 4.32 Å². The van der Waals surface area contributed by atoms with Gasteiger partial charge in [-0.2, -0.15) is 0 Å². The van der Waals surface area contributed by atoms with E-state index in [4.69, 9.17) is 12.2 Å². The van der Waals surface area contributed by atoms with Crippen LogP contribution >= 0.6 is 24.8 Å². The SMILES string of the molecule is CCCCCCCCCCCCCCCCCCc1cccc(NC(=S)S)c1CCCCCCCCCCCCCCCCCC. The van der Waals surface area contributed by atoms with Crippen molar-refractivity contribution in [3.63, 3.8) is 0 Å². The lowest BCUT2D eigenvalue weighted by atomic mass is 9.94. The molecule has 3 heteroatoms. The van der Waals surface area contributed by atoms with Crippen molar-refractivity contribution < 1.29 is 0 Å². The van der Waals surface area contributed by atoms with Crippen LogP contribution < -0.4 is 5.32 Å². The molecule has 0 aliphatic rings. The molecule has 1 N–H and O–H groups in total. The van der Waals surface area contributed by atoms with Crippen molar-refractivity contribution in [1.29, 1.82) is 0 Å². The molecule has 1 aromatic rings. The Kier molecular flexibility index (Phi) is 32.4. The van der Waals surface area contributed by atoms with Gasteiger partial charge in [0.25, 0.3) is 0 Å².